The van der Waals surface area contributed by atoms with Gasteiger partial charge in [0.1, 0.15) is 6.61 Å². The van der Waals surface area contributed by atoms with Gasteiger partial charge in [-0.3, -0.25) is 0 Å². The summed E-state index contributed by atoms with van der Waals surface area (Å²) in [6.45, 7) is 5.46. The number of carbonyl (C=O) groups is 2. The highest BCUT2D eigenvalue weighted by Crippen LogP contribution is 2.25. The minimum absolute atomic E-state index is 0.267. The van der Waals surface area contributed by atoms with E-state index in [4.69, 9.17) is 9.47 Å². The highest BCUT2D eigenvalue weighted by molar-refractivity contribution is 5.80. The zero-order valence-electron chi connectivity index (χ0n) is 11.0. The summed E-state index contributed by atoms with van der Waals surface area (Å²) in [5.74, 6) is -1.21. The molecule has 1 aliphatic heterocycles. The Labute approximate surface area is 106 Å². The Morgan fingerprint density at radius 1 is 1.61 bits per heavy atom. The molecule has 0 spiro atoms. The van der Waals surface area contributed by atoms with Crippen molar-refractivity contribution in [1.82, 2.24) is 0 Å². The Morgan fingerprint density at radius 3 is 2.78 bits per heavy atom. The topological polar surface area (TPSA) is 82.1 Å². The molecule has 1 N–H and O–H groups in total. The van der Waals surface area contributed by atoms with Gasteiger partial charge in [0.2, 0.25) is 6.10 Å². The number of carbonyl (C=O) groups excluding carboxylic acids is 2. The van der Waals surface area contributed by atoms with Crippen LogP contribution in [0.2, 0.25) is 0 Å². The maximum Gasteiger partial charge on any atom is 0.347 e. The lowest BCUT2D eigenvalue weighted by molar-refractivity contribution is -0.188. The minimum Gasteiger partial charge on any atom is -0.463 e. The molecule has 2 unspecified atom stereocenters. The summed E-state index contributed by atoms with van der Waals surface area (Å²) >= 11 is 0. The molecule has 0 aliphatic carbocycles. The first kappa shape index (κ1) is 14.9. The van der Waals surface area contributed by atoms with E-state index in [9.17, 15) is 14.7 Å². The number of rotatable bonds is 6. The Balaban J connectivity index is 2.31. The van der Waals surface area contributed by atoms with Crippen LogP contribution in [0.4, 0.5) is 0 Å². The number of hydrogen-bond donors (Lipinski definition) is 1. The second-order valence-corrected chi connectivity index (χ2v) is 4.94. The average Bonchev–Trinajstić information content (AvgIpc) is 2.72. The van der Waals surface area contributed by atoms with Crippen molar-refractivity contribution in [2.24, 2.45) is 5.41 Å². The Bertz CT molecular complexity index is 312. The van der Waals surface area contributed by atoms with E-state index in [-0.39, 0.29) is 13.2 Å². The molecule has 0 saturated carbocycles. The smallest absolute Gasteiger partial charge is 0.347 e. The van der Waals surface area contributed by atoms with E-state index >= 15 is 0 Å². The molecule has 0 aromatic carbocycles. The van der Waals surface area contributed by atoms with Gasteiger partial charge in [-0.1, -0.05) is 20.8 Å². The monoisotopic (exact) mass is 260 g/mol. The zero-order chi connectivity index (χ0) is 13.8. The molecule has 1 aliphatic rings. The number of cyclic esters (lactones) is 1. The van der Waals surface area contributed by atoms with Crippen LogP contribution in [0.3, 0.4) is 0 Å². The van der Waals surface area contributed by atoms with E-state index in [1.54, 1.807) is 0 Å². The van der Waals surface area contributed by atoms with E-state index in [2.05, 4.69) is 4.74 Å². The number of aliphatic hydroxyl groups excluding tert-OH is 1. The highest BCUT2D eigenvalue weighted by Gasteiger charge is 2.31. The molecule has 0 bridgehead atoms. The minimum atomic E-state index is -1.05. The van der Waals surface area contributed by atoms with Gasteiger partial charge in [0.05, 0.1) is 6.61 Å². The van der Waals surface area contributed by atoms with Crippen LogP contribution in [0.5, 0.6) is 0 Å². The summed E-state index contributed by atoms with van der Waals surface area (Å²) in [5.41, 5.74) is -0.438. The molecule has 104 valence electrons. The van der Waals surface area contributed by atoms with E-state index < -0.39 is 29.7 Å². The predicted octanol–water partition coefficient (Wildman–Crippen LogP) is 0.616. The predicted molar refractivity (Wildman–Crippen MR) is 61.5 cm³/mol. The molecule has 0 aromatic rings. The third-order valence-corrected chi connectivity index (χ3v) is 3.10. The van der Waals surface area contributed by atoms with Crippen LogP contribution in [0.15, 0.2) is 0 Å². The van der Waals surface area contributed by atoms with E-state index in [0.717, 1.165) is 0 Å². The van der Waals surface area contributed by atoms with Crippen molar-refractivity contribution in [2.45, 2.75) is 46.0 Å². The molecule has 0 aromatic heterocycles. The van der Waals surface area contributed by atoms with Gasteiger partial charge >= 0.3 is 11.9 Å². The third-order valence-electron chi connectivity index (χ3n) is 3.10. The maximum absolute atomic E-state index is 11.4. The van der Waals surface area contributed by atoms with Crippen molar-refractivity contribution in [3.05, 3.63) is 0 Å². The summed E-state index contributed by atoms with van der Waals surface area (Å²) in [4.78, 5) is 22.5. The first-order valence-corrected chi connectivity index (χ1v) is 6.02. The third kappa shape index (κ3) is 3.96. The van der Waals surface area contributed by atoms with Crippen LogP contribution in [-0.2, 0) is 23.8 Å². The molecular weight excluding hydrogens is 240 g/mol. The van der Waals surface area contributed by atoms with Crippen LogP contribution in [0.1, 0.15) is 33.6 Å². The number of ether oxygens (including phenoxy) is 3. The van der Waals surface area contributed by atoms with Crippen molar-refractivity contribution in [1.29, 1.82) is 0 Å². The van der Waals surface area contributed by atoms with Gasteiger partial charge < -0.3 is 19.3 Å². The van der Waals surface area contributed by atoms with Gasteiger partial charge in [-0.2, -0.15) is 0 Å². The fourth-order valence-corrected chi connectivity index (χ4v) is 1.32. The van der Waals surface area contributed by atoms with Crippen molar-refractivity contribution in [3.63, 3.8) is 0 Å². The molecule has 2 atom stereocenters. The van der Waals surface area contributed by atoms with E-state index in [1.165, 1.54) is 0 Å². The summed E-state index contributed by atoms with van der Waals surface area (Å²) in [7, 11) is 0. The first-order chi connectivity index (χ1) is 8.36. The Morgan fingerprint density at radius 2 is 2.28 bits per heavy atom. The number of esters is 2. The van der Waals surface area contributed by atoms with Crippen molar-refractivity contribution < 1.29 is 28.9 Å². The van der Waals surface area contributed by atoms with Gasteiger partial charge in [-0.15, -0.1) is 0 Å². The molecule has 0 radical (unpaired) electrons. The zero-order valence-corrected chi connectivity index (χ0v) is 11.0. The van der Waals surface area contributed by atoms with Crippen LogP contribution in [0.25, 0.3) is 0 Å². The van der Waals surface area contributed by atoms with Gasteiger partial charge in [-0.05, 0) is 6.42 Å². The molecule has 1 saturated heterocycles. The molecule has 1 heterocycles. The standard InChI is InChI=1S/C12H20O6/c1-4-12(2,3)11(15)17-7-9(13)18-8-5-6-16-10(8)14/h8,11,15H,4-7H2,1-3H3. The van der Waals surface area contributed by atoms with Crippen molar-refractivity contribution >= 4 is 11.9 Å². The van der Waals surface area contributed by atoms with Crippen LogP contribution >= 0.6 is 0 Å². The maximum atomic E-state index is 11.4. The fraction of sp³-hybridized carbons (Fsp3) is 0.833. The van der Waals surface area contributed by atoms with Gasteiger partial charge in [0, 0.05) is 11.8 Å². The normalized spacial score (nSPS) is 21.6. The lowest BCUT2D eigenvalue weighted by Crippen LogP contribution is -2.34. The SMILES string of the molecule is CCC(C)(C)C(O)OCC(=O)OC1CCOC1=O. The number of hydrogen-bond acceptors (Lipinski definition) is 6. The van der Waals surface area contributed by atoms with Crippen molar-refractivity contribution in [2.75, 3.05) is 13.2 Å². The highest BCUT2D eigenvalue weighted by atomic mass is 16.6. The first-order valence-electron chi connectivity index (χ1n) is 6.02. The molecular formula is C12H20O6. The van der Waals surface area contributed by atoms with Gasteiger partial charge in [0.25, 0.3) is 0 Å². The number of aliphatic hydroxyl groups is 1. The van der Waals surface area contributed by atoms with Crippen molar-refractivity contribution in [3.8, 4) is 0 Å². The Kier molecular flexibility index (Phi) is 5.10. The quantitative estimate of drug-likeness (QED) is 0.557. The molecule has 1 fully saturated rings. The fourth-order valence-electron chi connectivity index (χ4n) is 1.32. The van der Waals surface area contributed by atoms with Crippen LogP contribution in [0, 0.1) is 5.41 Å². The lowest BCUT2D eigenvalue weighted by Gasteiger charge is -2.28. The average molecular weight is 260 g/mol. The second-order valence-electron chi connectivity index (χ2n) is 4.94. The summed E-state index contributed by atoms with van der Waals surface area (Å²) in [6.07, 6.45) is -0.811. The summed E-state index contributed by atoms with van der Waals surface area (Å²) < 4.78 is 14.6. The molecule has 1 rings (SSSR count). The van der Waals surface area contributed by atoms with Gasteiger partial charge in [-0.25, -0.2) is 9.59 Å². The molecule has 18 heavy (non-hydrogen) atoms. The van der Waals surface area contributed by atoms with E-state index in [0.29, 0.717) is 12.8 Å². The van der Waals surface area contributed by atoms with E-state index in [1.807, 2.05) is 20.8 Å². The molecule has 6 nitrogen and oxygen atoms in total. The largest absolute Gasteiger partial charge is 0.463 e. The lowest BCUT2D eigenvalue weighted by atomic mass is 9.90. The summed E-state index contributed by atoms with van der Waals surface area (Å²) in [5, 5.41) is 9.72. The van der Waals surface area contributed by atoms with Crippen LogP contribution < -0.4 is 0 Å². The second kappa shape index (κ2) is 6.15. The van der Waals surface area contributed by atoms with Gasteiger partial charge in [0.15, 0.2) is 6.29 Å². The molecule has 6 heteroatoms. The van der Waals surface area contributed by atoms with Crippen LogP contribution in [-0.4, -0.2) is 42.7 Å². The Hall–Kier alpha value is -1.14. The molecule has 0 amide bonds. The summed E-state index contributed by atoms with van der Waals surface area (Å²) in [6, 6.07) is 0.